The first-order valence-electron chi connectivity index (χ1n) is 10.7. The predicted molar refractivity (Wildman–Crippen MR) is 124 cm³/mol. The molecule has 1 aromatic heterocycles. The summed E-state index contributed by atoms with van der Waals surface area (Å²) in [5.74, 6) is 0.356. The Bertz CT molecular complexity index is 1390. The van der Waals surface area contributed by atoms with E-state index in [1.807, 2.05) is 30.3 Å². The van der Waals surface area contributed by atoms with Crippen LogP contribution < -0.4 is 4.74 Å². The van der Waals surface area contributed by atoms with E-state index in [9.17, 15) is 13.2 Å². The summed E-state index contributed by atoms with van der Waals surface area (Å²) in [6.45, 7) is 0.963. The number of carbonyl (C=O) groups is 1. The molecule has 0 spiro atoms. The Hall–Kier alpha value is -3.83. The Labute approximate surface area is 196 Å². The second kappa shape index (κ2) is 9.20. The van der Waals surface area contributed by atoms with Crippen molar-refractivity contribution >= 4 is 26.7 Å². The monoisotopic (exact) mass is 478 g/mol. The summed E-state index contributed by atoms with van der Waals surface area (Å²) in [7, 11) is -3.67. The minimum atomic E-state index is -3.67. The average Bonchev–Trinajstić information content (AvgIpc) is 3.42. The van der Waals surface area contributed by atoms with Crippen molar-refractivity contribution in [2.45, 2.75) is 4.90 Å². The van der Waals surface area contributed by atoms with Crippen LogP contribution in [0.4, 0.5) is 0 Å². The van der Waals surface area contributed by atoms with E-state index < -0.39 is 10.0 Å². The van der Waals surface area contributed by atoms with Crippen LogP contribution in [0, 0.1) is 0 Å². The van der Waals surface area contributed by atoms with Crippen molar-refractivity contribution in [3.8, 4) is 11.4 Å². The van der Waals surface area contributed by atoms with Crippen molar-refractivity contribution in [2.75, 3.05) is 32.8 Å². The molecule has 11 heteroatoms. The van der Waals surface area contributed by atoms with Crippen molar-refractivity contribution < 1.29 is 17.9 Å². The molecule has 0 bridgehead atoms. The number of ether oxygens (including phenoxy) is 1. The number of piperazine rings is 1. The SMILES string of the molecule is O=C(COc1ccc(-n2cnnn2)cc1)N1CCN(S(=O)(=O)c2cccc3ccccc23)CC1. The molecule has 0 N–H and O–H groups in total. The van der Waals surface area contributed by atoms with Gasteiger partial charge in [0.2, 0.25) is 10.0 Å². The van der Waals surface area contributed by atoms with Crippen LogP contribution in [0.25, 0.3) is 16.5 Å². The maximum atomic E-state index is 13.3. The lowest BCUT2D eigenvalue weighted by Crippen LogP contribution is -2.51. The first-order chi connectivity index (χ1) is 16.5. The van der Waals surface area contributed by atoms with Crippen LogP contribution in [0.15, 0.2) is 78.0 Å². The molecule has 0 atom stereocenters. The Morgan fingerprint density at radius 1 is 0.912 bits per heavy atom. The van der Waals surface area contributed by atoms with Crippen LogP contribution >= 0.6 is 0 Å². The summed E-state index contributed by atoms with van der Waals surface area (Å²) < 4.78 is 35.1. The molecule has 4 aromatic rings. The van der Waals surface area contributed by atoms with Gasteiger partial charge >= 0.3 is 0 Å². The molecular weight excluding hydrogens is 456 g/mol. The molecule has 1 aliphatic rings. The molecule has 1 amide bonds. The highest BCUT2D eigenvalue weighted by Crippen LogP contribution is 2.26. The number of fused-ring (bicyclic) bond motifs is 1. The maximum absolute atomic E-state index is 13.3. The lowest BCUT2D eigenvalue weighted by Gasteiger charge is -2.34. The summed E-state index contributed by atoms with van der Waals surface area (Å²) in [4.78, 5) is 14.5. The molecule has 1 saturated heterocycles. The minimum Gasteiger partial charge on any atom is -0.484 e. The number of rotatable bonds is 6. The largest absolute Gasteiger partial charge is 0.484 e. The maximum Gasteiger partial charge on any atom is 0.260 e. The molecule has 1 fully saturated rings. The second-order valence-electron chi connectivity index (χ2n) is 7.80. The average molecular weight is 479 g/mol. The van der Waals surface area contributed by atoms with Crippen LogP contribution in [-0.2, 0) is 14.8 Å². The Kier molecular flexibility index (Phi) is 5.95. The zero-order chi connectivity index (χ0) is 23.5. The summed E-state index contributed by atoms with van der Waals surface area (Å²) in [6.07, 6.45) is 1.49. The van der Waals surface area contributed by atoms with Gasteiger partial charge in [-0.2, -0.15) is 4.31 Å². The zero-order valence-electron chi connectivity index (χ0n) is 18.2. The number of amides is 1. The van der Waals surface area contributed by atoms with Gasteiger partial charge in [0.1, 0.15) is 12.1 Å². The van der Waals surface area contributed by atoms with Gasteiger partial charge in [-0.3, -0.25) is 4.79 Å². The molecule has 34 heavy (non-hydrogen) atoms. The summed E-state index contributed by atoms with van der Waals surface area (Å²) in [5, 5.41) is 12.6. The van der Waals surface area contributed by atoms with Crippen LogP contribution in [0.5, 0.6) is 5.75 Å². The van der Waals surface area contributed by atoms with Crippen LogP contribution in [0.2, 0.25) is 0 Å². The number of hydrogen-bond acceptors (Lipinski definition) is 7. The van der Waals surface area contributed by atoms with E-state index in [2.05, 4.69) is 15.5 Å². The fraction of sp³-hybridized carbons (Fsp3) is 0.217. The number of aromatic nitrogens is 4. The van der Waals surface area contributed by atoms with E-state index in [0.717, 1.165) is 11.1 Å². The number of tetrazole rings is 1. The first-order valence-corrected chi connectivity index (χ1v) is 12.2. The lowest BCUT2D eigenvalue weighted by molar-refractivity contribution is -0.134. The molecule has 10 nitrogen and oxygen atoms in total. The number of nitrogens with zero attached hydrogens (tertiary/aromatic N) is 6. The molecule has 1 aliphatic heterocycles. The van der Waals surface area contributed by atoms with E-state index in [4.69, 9.17) is 4.74 Å². The molecule has 0 unspecified atom stereocenters. The topological polar surface area (TPSA) is 111 Å². The minimum absolute atomic E-state index is 0.125. The summed E-state index contributed by atoms with van der Waals surface area (Å²) in [5.41, 5.74) is 0.771. The van der Waals surface area contributed by atoms with E-state index in [-0.39, 0.29) is 25.6 Å². The van der Waals surface area contributed by atoms with Gasteiger partial charge in [0, 0.05) is 31.6 Å². The smallest absolute Gasteiger partial charge is 0.260 e. The summed E-state index contributed by atoms with van der Waals surface area (Å²) >= 11 is 0. The molecule has 0 aliphatic carbocycles. The normalized spacial score (nSPS) is 14.9. The van der Waals surface area contributed by atoms with Crippen molar-refractivity contribution in [2.24, 2.45) is 0 Å². The third-order valence-electron chi connectivity index (χ3n) is 5.77. The van der Waals surface area contributed by atoms with Crippen molar-refractivity contribution in [1.82, 2.24) is 29.4 Å². The fourth-order valence-corrected chi connectivity index (χ4v) is 5.59. The quantitative estimate of drug-likeness (QED) is 0.415. The fourth-order valence-electron chi connectivity index (χ4n) is 3.95. The van der Waals surface area contributed by atoms with Gasteiger partial charge in [0.15, 0.2) is 6.61 Å². The highest BCUT2D eigenvalue weighted by atomic mass is 32.2. The van der Waals surface area contributed by atoms with E-state index in [1.54, 1.807) is 41.3 Å². The van der Waals surface area contributed by atoms with Gasteiger partial charge in [0.25, 0.3) is 5.91 Å². The number of benzene rings is 3. The van der Waals surface area contributed by atoms with E-state index in [1.165, 1.54) is 15.3 Å². The standard InChI is InChI=1S/C23H22N6O4S/c30-23(16-33-20-10-8-19(9-11-20)29-17-24-25-26-29)27-12-14-28(15-13-27)34(31,32)22-7-3-5-18-4-1-2-6-21(18)22/h1-11,17H,12-16H2. The zero-order valence-corrected chi connectivity index (χ0v) is 19.0. The number of carbonyl (C=O) groups excluding carboxylic acids is 1. The molecular formula is C23H22N6O4S. The van der Waals surface area contributed by atoms with Crippen molar-refractivity contribution in [3.63, 3.8) is 0 Å². The molecule has 5 rings (SSSR count). The summed E-state index contributed by atoms with van der Waals surface area (Å²) in [6, 6.07) is 19.7. The number of sulfonamides is 1. The van der Waals surface area contributed by atoms with Gasteiger partial charge in [-0.05, 0) is 46.1 Å². The number of hydrogen-bond donors (Lipinski definition) is 0. The first kappa shape index (κ1) is 22.0. The lowest BCUT2D eigenvalue weighted by atomic mass is 10.1. The Morgan fingerprint density at radius 2 is 1.65 bits per heavy atom. The van der Waals surface area contributed by atoms with Gasteiger partial charge in [0.05, 0.1) is 10.6 Å². The highest BCUT2D eigenvalue weighted by Gasteiger charge is 2.31. The van der Waals surface area contributed by atoms with Crippen molar-refractivity contribution in [3.05, 3.63) is 73.1 Å². The van der Waals surface area contributed by atoms with Gasteiger partial charge in [-0.25, -0.2) is 13.1 Å². The van der Waals surface area contributed by atoms with E-state index >= 15 is 0 Å². The Balaban J connectivity index is 1.18. The Morgan fingerprint density at radius 3 is 2.38 bits per heavy atom. The highest BCUT2D eigenvalue weighted by molar-refractivity contribution is 7.89. The van der Waals surface area contributed by atoms with Crippen LogP contribution in [-0.4, -0.2) is 76.5 Å². The van der Waals surface area contributed by atoms with Crippen LogP contribution in [0.1, 0.15) is 0 Å². The van der Waals surface area contributed by atoms with Gasteiger partial charge in [-0.15, -0.1) is 5.10 Å². The van der Waals surface area contributed by atoms with Gasteiger partial charge in [-0.1, -0.05) is 36.4 Å². The molecule has 174 valence electrons. The third-order valence-corrected chi connectivity index (χ3v) is 7.73. The molecule has 0 radical (unpaired) electrons. The van der Waals surface area contributed by atoms with Gasteiger partial charge < -0.3 is 9.64 Å². The molecule has 3 aromatic carbocycles. The molecule has 0 saturated carbocycles. The third kappa shape index (κ3) is 4.35. The predicted octanol–water partition coefficient (Wildman–Crippen LogP) is 1.73. The van der Waals surface area contributed by atoms with Crippen LogP contribution in [0.3, 0.4) is 0 Å². The van der Waals surface area contributed by atoms with E-state index in [0.29, 0.717) is 29.1 Å². The second-order valence-corrected chi connectivity index (χ2v) is 9.71. The van der Waals surface area contributed by atoms with Crippen molar-refractivity contribution in [1.29, 1.82) is 0 Å². The molecule has 2 heterocycles.